The van der Waals surface area contributed by atoms with E-state index in [-0.39, 0.29) is 0 Å². The molecule has 3 rings (SSSR count). The van der Waals surface area contributed by atoms with Gasteiger partial charge in [-0.1, -0.05) is 0 Å². The lowest BCUT2D eigenvalue weighted by atomic mass is 10.1. The minimum absolute atomic E-state index is 0.322. The highest BCUT2D eigenvalue weighted by molar-refractivity contribution is 7.09. The van der Waals surface area contributed by atoms with E-state index < -0.39 is 0 Å². The largest absolute Gasteiger partial charge is 0.342 e. The summed E-state index contributed by atoms with van der Waals surface area (Å²) in [6.07, 6.45) is 3.62. The van der Waals surface area contributed by atoms with Crippen LogP contribution >= 0.6 is 11.3 Å². The predicted octanol–water partition coefficient (Wildman–Crippen LogP) is 1.58. The minimum Gasteiger partial charge on any atom is -0.342 e. The highest BCUT2D eigenvalue weighted by atomic mass is 32.1. The van der Waals surface area contributed by atoms with Crippen molar-refractivity contribution in [1.29, 1.82) is 0 Å². The number of hydrogen-bond acceptors (Lipinski definition) is 5. The molecule has 2 aliphatic heterocycles. The Balaban J connectivity index is 1.40. The topological polar surface area (TPSA) is 39.7 Å². The van der Waals surface area contributed by atoms with Gasteiger partial charge in [0.2, 0.25) is 5.91 Å². The van der Waals surface area contributed by atoms with Crippen molar-refractivity contribution >= 4 is 17.2 Å². The van der Waals surface area contributed by atoms with Crippen LogP contribution < -0.4 is 0 Å². The molecule has 1 aromatic heterocycles. The summed E-state index contributed by atoms with van der Waals surface area (Å²) >= 11 is 1.72. The van der Waals surface area contributed by atoms with Gasteiger partial charge in [-0.15, -0.1) is 11.3 Å². The van der Waals surface area contributed by atoms with Crippen LogP contribution in [0.15, 0.2) is 5.38 Å². The van der Waals surface area contributed by atoms with Gasteiger partial charge in [0.25, 0.3) is 0 Å². The molecule has 5 nitrogen and oxygen atoms in total. The lowest BCUT2D eigenvalue weighted by Crippen LogP contribution is -2.50. The Bertz CT molecular complexity index is 490. The van der Waals surface area contributed by atoms with Gasteiger partial charge in [0.1, 0.15) is 0 Å². The van der Waals surface area contributed by atoms with Crippen molar-refractivity contribution in [3.63, 3.8) is 0 Å². The summed E-state index contributed by atoms with van der Waals surface area (Å²) in [5.74, 6) is 0.322. The number of carbonyl (C=O) groups is 1. The third-order valence-corrected chi connectivity index (χ3v) is 5.41. The quantitative estimate of drug-likeness (QED) is 0.844. The molecule has 1 amide bonds. The van der Waals surface area contributed by atoms with Gasteiger partial charge >= 0.3 is 0 Å². The van der Waals surface area contributed by atoms with E-state index in [0.717, 1.165) is 50.8 Å². The number of nitrogens with zero attached hydrogens (tertiary/aromatic N) is 4. The first-order valence-corrected chi connectivity index (χ1v) is 9.22. The summed E-state index contributed by atoms with van der Waals surface area (Å²) in [5, 5.41) is 3.29. The Morgan fingerprint density at radius 3 is 2.41 bits per heavy atom. The average molecular weight is 322 g/mol. The molecule has 122 valence electrons. The predicted molar refractivity (Wildman–Crippen MR) is 89.0 cm³/mol. The Morgan fingerprint density at radius 1 is 1.09 bits per heavy atom. The SMILES string of the molecule is Cc1nc(CN2CCN(CC(=O)N3CCCCC3)CC2)cs1. The molecule has 0 atom stereocenters. The van der Waals surface area contributed by atoms with Crippen molar-refractivity contribution in [2.24, 2.45) is 0 Å². The maximum Gasteiger partial charge on any atom is 0.236 e. The molecule has 1 aromatic rings. The molecule has 0 radical (unpaired) electrons. The number of likely N-dealkylation sites (tertiary alicyclic amines) is 1. The van der Waals surface area contributed by atoms with Crippen LogP contribution in [0.25, 0.3) is 0 Å². The molecule has 0 aromatic carbocycles. The van der Waals surface area contributed by atoms with Crippen molar-refractivity contribution in [1.82, 2.24) is 19.7 Å². The van der Waals surface area contributed by atoms with Crippen LogP contribution in [0.5, 0.6) is 0 Å². The molecule has 0 unspecified atom stereocenters. The molecule has 22 heavy (non-hydrogen) atoms. The third kappa shape index (κ3) is 4.27. The second kappa shape index (κ2) is 7.53. The van der Waals surface area contributed by atoms with Gasteiger partial charge in [-0.3, -0.25) is 14.6 Å². The molecule has 2 saturated heterocycles. The maximum absolute atomic E-state index is 12.3. The monoisotopic (exact) mass is 322 g/mol. The average Bonchev–Trinajstić information content (AvgIpc) is 2.95. The van der Waals surface area contributed by atoms with Gasteiger partial charge in [-0.2, -0.15) is 0 Å². The van der Waals surface area contributed by atoms with E-state index in [1.165, 1.54) is 25.0 Å². The van der Waals surface area contributed by atoms with Crippen LogP contribution in [0.3, 0.4) is 0 Å². The van der Waals surface area contributed by atoms with E-state index in [9.17, 15) is 4.79 Å². The van der Waals surface area contributed by atoms with Crippen molar-refractivity contribution < 1.29 is 4.79 Å². The van der Waals surface area contributed by atoms with Crippen LogP contribution in [-0.2, 0) is 11.3 Å². The minimum atomic E-state index is 0.322. The second-order valence-electron chi connectivity index (χ2n) is 6.35. The zero-order chi connectivity index (χ0) is 15.4. The number of piperazine rings is 1. The highest BCUT2D eigenvalue weighted by Crippen LogP contribution is 2.13. The Labute approximate surface area is 136 Å². The second-order valence-corrected chi connectivity index (χ2v) is 7.41. The number of thiazole rings is 1. The molecule has 0 saturated carbocycles. The van der Waals surface area contributed by atoms with Gasteiger partial charge in [0, 0.05) is 51.2 Å². The van der Waals surface area contributed by atoms with Crippen LogP contribution in [-0.4, -0.2) is 71.4 Å². The van der Waals surface area contributed by atoms with Crippen LogP contribution in [0.1, 0.15) is 30.0 Å². The molecule has 0 aliphatic carbocycles. The summed E-state index contributed by atoms with van der Waals surface area (Å²) in [6.45, 7) is 9.56. The van der Waals surface area contributed by atoms with E-state index in [2.05, 4.69) is 27.1 Å². The Hall–Kier alpha value is -0.980. The van der Waals surface area contributed by atoms with Crippen LogP contribution in [0, 0.1) is 6.92 Å². The Kier molecular flexibility index (Phi) is 5.44. The summed E-state index contributed by atoms with van der Waals surface area (Å²) in [4.78, 5) is 23.6. The molecular weight excluding hydrogens is 296 g/mol. The lowest BCUT2D eigenvalue weighted by Gasteiger charge is -2.35. The lowest BCUT2D eigenvalue weighted by molar-refractivity contribution is -0.133. The first-order valence-electron chi connectivity index (χ1n) is 8.34. The van der Waals surface area contributed by atoms with E-state index >= 15 is 0 Å². The fraction of sp³-hybridized carbons (Fsp3) is 0.750. The van der Waals surface area contributed by atoms with E-state index in [1.54, 1.807) is 11.3 Å². The normalized spacial score (nSPS) is 21.2. The van der Waals surface area contributed by atoms with E-state index in [4.69, 9.17) is 0 Å². The molecular formula is C16H26N4OS. The zero-order valence-corrected chi connectivity index (χ0v) is 14.3. The number of carbonyl (C=O) groups excluding carboxylic acids is 1. The molecule has 0 bridgehead atoms. The number of amides is 1. The van der Waals surface area contributed by atoms with Gasteiger partial charge < -0.3 is 4.90 Å². The zero-order valence-electron chi connectivity index (χ0n) is 13.5. The molecule has 3 heterocycles. The smallest absolute Gasteiger partial charge is 0.236 e. The van der Waals surface area contributed by atoms with Gasteiger partial charge in [0.05, 0.1) is 17.2 Å². The molecule has 2 aliphatic rings. The summed E-state index contributed by atoms with van der Waals surface area (Å²) in [6, 6.07) is 0. The molecule has 0 N–H and O–H groups in total. The molecule has 0 spiro atoms. The summed E-state index contributed by atoms with van der Waals surface area (Å²) < 4.78 is 0. The van der Waals surface area contributed by atoms with Gasteiger partial charge in [-0.25, -0.2) is 4.98 Å². The van der Waals surface area contributed by atoms with Crippen LogP contribution in [0.4, 0.5) is 0 Å². The summed E-state index contributed by atoms with van der Waals surface area (Å²) in [7, 11) is 0. The number of aryl methyl sites for hydroxylation is 1. The van der Waals surface area contributed by atoms with Crippen LogP contribution in [0.2, 0.25) is 0 Å². The van der Waals surface area contributed by atoms with Gasteiger partial charge in [-0.05, 0) is 26.2 Å². The van der Waals surface area contributed by atoms with Crippen molar-refractivity contribution in [3.8, 4) is 0 Å². The number of piperidine rings is 1. The van der Waals surface area contributed by atoms with E-state index in [0.29, 0.717) is 12.5 Å². The fourth-order valence-corrected chi connectivity index (χ4v) is 3.85. The number of rotatable bonds is 4. The fourth-order valence-electron chi connectivity index (χ4n) is 3.25. The van der Waals surface area contributed by atoms with Gasteiger partial charge in [0.15, 0.2) is 0 Å². The standard InChI is InChI=1S/C16H26N4OS/c1-14-17-15(13-22-14)11-18-7-9-19(10-8-18)12-16(21)20-5-3-2-4-6-20/h13H,2-12H2,1H3. The first kappa shape index (κ1) is 15.9. The Morgan fingerprint density at radius 2 is 1.77 bits per heavy atom. The third-order valence-electron chi connectivity index (χ3n) is 4.58. The number of aromatic nitrogens is 1. The van der Waals surface area contributed by atoms with E-state index in [1.807, 2.05) is 4.90 Å². The highest BCUT2D eigenvalue weighted by Gasteiger charge is 2.22. The van der Waals surface area contributed by atoms with Crippen molar-refractivity contribution in [3.05, 3.63) is 16.1 Å². The van der Waals surface area contributed by atoms with Crippen molar-refractivity contribution in [2.45, 2.75) is 32.7 Å². The molecule has 6 heteroatoms. The summed E-state index contributed by atoms with van der Waals surface area (Å²) in [5.41, 5.74) is 1.18. The maximum atomic E-state index is 12.3. The first-order chi connectivity index (χ1) is 10.7. The number of hydrogen-bond donors (Lipinski definition) is 0. The van der Waals surface area contributed by atoms with Crippen molar-refractivity contribution in [2.75, 3.05) is 45.8 Å². The molecule has 2 fully saturated rings.